The molecule has 1 aromatic rings. The molecular weight excluding hydrogens is 247 g/mol. The van der Waals surface area contributed by atoms with Crippen molar-refractivity contribution in [2.75, 3.05) is 27.4 Å². The first-order valence-corrected chi connectivity index (χ1v) is 5.74. The molecule has 90 valence electrons. The summed E-state index contributed by atoms with van der Waals surface area (Å²) in [5, 5.41) is 1.16. The molecule has 0 aliphatic heterocycles. The van der Waals surface area contributed by atoms with Gasteiger partial charge in [0.25, 0.3) is 0 Å². The van der Waals surface area contributed by atoms with E-state index in [2.05, 4.69) is 0 Å². The zero-order chi connectivity index (χ0) is 12.1. The summed E-state index contributed by atoms with van der Waals surface area (Å²) in [6.45, 7) is 1.36. The van der Waals surface area contributed by atoms with Crippen LogP contribution in [0.4, 0.5) is 0 Å². The van der Waals surface area contributed by atoms with Crippen molar-refractivity contribution in [2.24, 2.45) is 5.73 Å². The third-order valence-electron chi connectivity index (χ3n) is 2.36. The van der Waals surface area contributed by atoms with Crippen molar-refractivity contribution >= 4 is 23.2 Å². The van der Waals surface area contributed by atoms with Gasteiger partial charge in [0.1, 0.15) is 5.75 Å². The number of benzene rings is 1. The molecule has 0 aliphatic rings. The van der Waals surface area contributed by atoms with Crippen LogP contribution in [0.2, 0.25) is 10.0 Å². The molecule has 16 heavy (non-hydrogen) atoms. The molecule has 0 fully saturated rings. The molecular formula is C11H16Cl2N2O. The van der Waals surface area contributed by atoms with Gasteiger partial charge in [0.2, 0.25) is 0 Å². The number of ether oxygens (including phenoxy) is 1. The molecule has 0 atom stereocenters. The summed E-state index contributed by atoms with van der Waals surface area (Å²) < 4.78 is 5.26. The van der Waals surface area contributed by atoms with E-state index >= 15 is 0 Å². The Hall–Kier alpha value is -0.480. The topological polar surface area (TPSA) is 38.5 Å². The number of rotatable bonds is 5. The van der Waals surface area contributed by atoms with E-state index < -0.39 is 0 Å². The number of nitrogens with zero attached hydrogens (tertiary/aromatic N) is 1. The van der Waals surface area contributed by atoms with Crippen LogP contribution in [0, 0.1) is 0 Å². The lowest BCUT2D eigenvalue weighted by atomic mass is 10.1. The number of likely N-dealkylation sites (N-methyl/N-ethyl adjacent to an activating group) is 1. The van der Waals surface area contributed by atoms with E-state index in [1.54, 1.807) is 13.2 Å². The van der Waals surface area contributed by atoms with Gasteiger partial charge in [-0.25, -0.2) is 0 Å². The number of hydrogen-bond donors (Lipinski definition) is 1. The quantitative estimate of drug-likeness (QED) is 0.829. The van der Waals surface area contributed by atoms with Crippen molar-refractivity contribution in [1.82, 2.24) is 4.90 Å². The SMILES string of the molecule is COc1c(Cl)cc(Cl)cc1CCN(C)CN. The summed E-state index contributed by atoms with van der Waals surface area (Å²) in [6, 6.07) is 3.55. The molecule has 1 aromatic carbocycles. The Morgan fingerprint density at radius 3 is 2.62 bits per heavy atom. The van der Waals surface area contributed by atoms with Gasteiger partial charge < -0.3 is 10.5 Å². The lowest BCUT2D eigenvalue weighted by Gasteiger charge is -2.15. The van der Waals surface area contributed by atoms with E-state index in [1.807, 2.05) is 18.0 Å². The van der Waals surface area contributed by atoms with Crippen LogP contribution < -0.4 is 10.5 Å². The third kappa shape index (κ3) is 3.52. The van der Waals surface area contributed by atoms with Crippen molar-refractivity contribution in [2.45, 2.75) is 6.42 Å². The van der Waals surface area contributed by atoms with E-state index in [1.165, 1.54) is 0 Å². The molecule has 0 saturated carbocycles. The standard InChI is InChI=1S/C11H16Cl2N2O/c1-15(7-14)4-3-8-5-9(12)6-10(13)11(8)16-2/h5-6H,3-4,7,14H2,1-2H3. The van der Waals surface area contributed by atoms with E-state index in [4.69, 9.17) is 33.7 Å². The van der Waals surface area contributed by atoms with E-state index in [0.717, 1.165) is 18.5 Å². The Bertz CT molecular complexity index is 358. The van der Waals surface area contributed by atoms with Gasteiger partial charge in [-0.15, -0.1) is 0 Å². The normalized spacial score (nSPS) is 10.9. The minimum absolute atomic E-state index is 0.524. The molecule has 0 aliphatic carbocycles. The fourth-order valence-corrected chi connectivity index (χ4v) is 2.04. The maximum Gasteiger partial charge on any atom is 0.140 e. The van der Waals surface area contributed by atoms with Crippen molar-refractivity contribution in [3.63, 3.8) is 0 Å². The monoisotopic (exact) mass is 262 g/mol. The average Bonchev–Trinajstić information content (AvgIpc) is 2.25. The second-order valence-corrected chi connectivity index (χ2v) is 4.44. The highest BCUT2D eigenvalue weighted by Gasteiger charge is 2.10. The molecule has 0 bridgehead atoms. The maximum absolute atomic E-state index is 6.04. The zero-order valence-electron chi connectivity index (χ0n) is 9.46. The minimum atomic E-state index is 0.524. The lowest BCUT2D eigenvalue weighted by molar-refractivity contribution is 0.345. The largest absolute Gasteiger partial charge is 0.495 e. The van der Waals surface area contributed by atoms with Crippen molar-refractivity contribution in [3.05, 3.63) is 27.7 Å². The first-order valence-electron chi connectivity index (χ1n) is 4.99. The predicted molar refractivity (Wildman–Crippen MR) is 68.4 cm³/mol. The first kappa shape index (κ1) is 13.6. The molecule has 5 heteroatoms. The van der Waals surface area contributed by atoms with Gasteiger partial charge in [0.15, 0.2) is 0 Å². The summed E-state index contributed by atoms with van der Waals surface area (Å²) in [5.41, 5.74) is 6.51. The van der Waals surface area contributed by atoms with Gasteiger partial charge in [-0.2, -0.15) is 0 Å². The molecule has 0 saturated heterocycles. The smallest absolute Gasteiger partial charge is 0.140 e. The third-order valence-corrected chi connectivity index (χ3v) is 2.86. The van der Waals surface area contributed by atoms with Gasteiger partial charge in [-0.05, 0) is 31.2 Å². The second-order valence-electron chi connectivity index (χ2n) is 3.59. The van der Waals surface area contributed by atoms with Crippen LogP contribution in [-0.4, -0.2) is 32.3 Å². The Morgan fingerprint density at radius 2 is 2.06 bits per heavy atom. The molecule has 1 rings (SSSR count). The highest BCUT2D eigenvalue weighted by atomic mass is 35.5. The second kappa shape index (κ2) is 6.30. The Morgan fingerprint density at radius 1 is 1.38 bits per heavy atom. The molecule has 0 aromatic heterocycles. The summed E-state index contributed by atoms with van der Waals surface area (Å²) in [4.78, 5) is 2.01. The van der Waals surface area contributed by atoms with Crippen LogP contribution in [0.15, 0.2) is 12.1 Å². The highest BCUT2D eigenvalue weighted by Crippen LogP contribution is 2.32. The van der Waals surface area contributed by atoms with Crippen LogP contribution in [0.5, 0.6) is 5.75 Å². The number of halogens is 2. The Balaban J connectivity index is 2.85. The fraction of sp³-hybridized carbons (Fsp3) is 0.455. The summed E-state index contributed by atoms with van der Waals surface area (Å²) in [7, 11) is 3.56. The summed E-state index contributed by atoms with van der Waals surface area (Å²) in [5.74, 6) is 0.691. The average molecular weight is 263 g/mol. The highest BCUT2D eigenvalue weighted by molar-refractivity contribution is 6.35. The number of hydrogen-bond acceptors (Lipinski definition) is 3. The molecule has 3 nitrogen and oxygen atoms in total. The lowest BCUT2D eigenvalue weighted by Crippen LogP contribution is -2.27. The van der Waals surface area contributed by atoms with Gasteiger partial charge >= 0.3 is 0 Å². The van der Waals surface area contributed by atoms with E-state index in [-0.39, 0.29) is 0 Å². The van der Waals surface area contributed by atoms with Crippen LogP contribution in [0.25, 0.3) is 0 Å². The van der Waals surface area contributed by atoms with Gasteiger partial charge in [-0.3, -0.25) is 4.90 Å². The van der Waals surface area contributed by atoms with E-state index in [9.17, 15) is 0 Å². The maximum atomic E-state index is 6.04. The van der Waals surface area contributed by atoms with Gasteiger partial charge in [0, 0.05) is 18.2 Å². The van der Waals surface area contributed by atoms with Crippen LogP contribution in [-0.2, 0) is 6.42 Å². The number of nitrogens with two attached hydrogens (primary N) is 1. The predicted octanol–water partition coefficient (Wildman–Crippen LogP) is 2.39. The van der Waals surface area contributed by atoms with E-state index in [0.29, 0.717) is 22.5 Å². The van der Waals surface area contributed by atoms with Crippen LogP contribution in [0.1, 0.15) is 5.56 Å². The molecule has 0 unspecified atom stereocenters. The molecule has 2 N–H and O–H groups in total. The molecule has 0 spiro atoms. The van der Waals surface area contributed by atoms with Crippen molar-refractivity contribution in [3.8, 4) is 5.75 Å². The first-order chi connectivity index (χ1) is 7.58. The van der Waals surface area contributed by atoms with Crippen molar-refractivity contribution in [1.29, 1.82) is 0 Å². The van der Waals surface area contributed by atoms with Crippen LogP contribution >= 0.6 is 23.2 Å². The molecule has 0 amide bonds. The fourth-order valence-electron chi connectivity index (χ4n) is 1.43. The Labute approximate surface area is 106 Å². The summed E-state index contributed by atoms with van der Waals surface area (Å²) >= 11 is 12.0. The van der Waals surface area contributed by atoms with Crippen LogP contribution in [0.3, 0.4) is 0 Å². The minimum Gasteiger partial charge on any atom is -0.495 e. The summed E-state index contributed by atoms with van der Waals surface area (Å²) in [6.07, 6.45) is 0.803. The number of methoxy groups -OCH3 is 1. The van der Waals surface area contributed by atoms with Gasteiger partial charge in [-0.1, -0.05) is 23.2 Å². The zero-order valence-corrected chi connectivity index (χ0v) is 11.0. The molecule has 0 radical (unpaired) electrons. The van der Waals surface area contributed by atoms with Crippen molar-refractivity contribution < 1.29 is 4.74 Å². The van der Waals surface area contributed by atoms with Gasteiger partial charge in [0.05, 0.1) is 12.1 Å². The molecule has 0 heterocycles. The Kier molecular flexibility index (Phi) is 5.35.